The van der Waals surface area contributed by atoms with Gasteiger partial charge >= 0.3 is 12.3 Å². The molecule has 0 saturated carbocycles. The van der Waals surface area contributed by atoms with Crippen molar-refractivity contribution < 1.29 is 30.9 Å². The zero-order valence-electron chi connectivity index (χ0n) is 15.0. The molecule has 0 aliphatic rings. The van der Waals surface area contributed by atoms with Gasteiger partial charge in [-0.15, -0.1) is 0 Å². The lowest BCUT2D eigenvalue weighted by Gasteiger charge is -2.10. The number of alkyl halides is 4. The van der Waals surface area contributed by atoms with E-state index in [1.165, 1.54) is 6.07 Å². The number of rotatable bonds is 8. The van der Waals surface area contributed by atoms with E-state index in [-0.39, 0.29) is 30.0 Å². The molecule has 0 aliphatic heterocycles. The van der Waals surface area contributed by atoms with Crippen molar-refractivity contribution in [2.24, 2.45) is 0 Å². The van der Waals surface area contributed by atoms with Crippen LogP contribution < -0.4 is 5.32 Å². The Morgan fingerprint density at radius 2 is 1.83 bits per heavy atom. The van der Waals surface area contributed by atoms with Crippen LogP contribution in [0.25, 0.3) is 11.0 Å². The number of para-hydroxylation sites is 2. The molecule has 3 aromatic rings. The maximum absolute atomic E-state index is 13.4. The Bertz CT molecular complexity index is 1200. The average Bonchev–Trinajstić information content (AvgIpc) is 3.06. The van der Waals surface area contributed by atoms with Crippen molar-refractivity contribution >= 4 is 32.2 Å². The minimum Gasteiger partial charge on any atom is -0.379 e. The van der Waals surface area contributed by atoms with Crippen LogP contribution in [0.4, 0.5) is 28.9 Å². The predicted molar refractivity (Wildman–Crippen MR) is 99.5 cm³/mol. The van der Waals surface area contributed by atoms with Crippen LogP contribution in [0.1, 0.15) is 12.4 Å². The molecule has 0 aliphatic carbocycles. The van der Waals surface area contributed by atoms with E-state index < -0.39 is 37.7 Å². The molecule has 1 heterocycles. The van der Waals surface area contributed by atoms with Crippen LogP contribution in [-0.2, 0) is 16.3 Å². The maximum Gasteiger partial charge on any atom is 0.341 e. The smallest absolute Gasteiger partial charge is 0.341 e. The molecule has 2 aromatic carbocycles. The molecular formula is C17H14F4N4O4S. The number of aromatic nitrogens is 2. The summed E-state index contributed by atoms with van der Waals surface area (Å²) in [6.45, 7) is -2.90. The molecule has 0 bridgehead atoms. The van der Waals surface area contributed by atoms with Gasteiger partial charge in [0, 0.05) is 19.0 Å². The number of hydrogen-bond acceptors (Lipinski definition) is 6. The molecule has 0 unspecified atom stereocenters. The van der Waals surface area contributed by atoms with Gasteiger partial charge in [-0.2, -0.15) is 17.6 Å². The van der Waals surface area contributed by atoms with E-state index in [1.54, 1.807) is 18.2 Å². The fourth-order valence-corrected chi connectivity index (χ4v) is 3.63. The normalized spacial score (nSPS) is 12.1. The summed E-state index contributed by atoms with van der Waals surface area (Å²) < 4.78 is 76.0. The zero-order chi connectivity index (χ0) is 22.1. The van der Waals surface area contributed by atoms with Crippen molar-refractivity contribution in [3.8, 4) is 0 Å². The summed E-state index contributed by atoms with van der Waals surface area (Å²) in [7, 11) is -5.01. The molecular weight excluding hydrogens is 432 g/mol. The molecule has 0 radical (unpaired) electrons. The summed E-state index contributed by atoms with van der Waals surface area (Å²) >= 11 is 0. The minimum absolute atomic E-state index is 0.0345. The van der Waals surface area contributed by atoms with Crippen molar-refractivity contribution in [1.29, 1.82) is 0 Å². The third-order valence-electron chi connectivity index (χ3n) is 4.26. The lowest BCUT2D eigenvalue weighted by molar-refractivity contribution is -0.384. The number of nitro groups is 1. The highest BCUT2D eigenvalue weighted by Gasteiger charge is 2.29. The third kappa shape index (κ3) is 4.06. The third-order valence-corrected chi connectivity index (χ3v) is 5.64. The lowest BCUT2D eigenvalue weighted by atomic mass is 10.2. The molecule has 1 N–H and O–H groups in total. The summed E-state index contributed by atoms with van der Waals surface area (Å²) in [5, 5.41) is 13.9. The second-order valence-electron chi connectivity index (χ2n) is 6.08. The van der Waals surface area contributed by atoms with E-state index in [1.807, 2.05) is 0 Å². The second kappa shape index (κ2) is 8.26. The Kier molecular flexibility index (Phi) is 5.92. The largest absolute Gasteiger partial charge is 0.379 e. The van der Waals surface area contributed by atoms with Crippen molar-refractivity contribution in [2.75, 3.05) is 11.9 Å². The van der Waals surface area contributed by atoms with E-state index in [4.69, 9.17) is 0 Å². The highest BCUT2D eigenvalue weighted by atomic mass is 32.2. The van der Waals surface area contributed by atoms with E-state index in [2.05, 4.69) is 10.3 Å². The maximum atomic E-state index is 13.4. The monoisotopic (exact) mass is 446 g/mol. The summed E-state index contributed by atoms with van der Waals surface area (Å²) in [5.41, 5.74) is -0.289. The Morgan fingerprint density at radius 3 is 2.47 bits per heavy atom. The molecule has 160 valence electrons. The quantitative estimate of drug-likeness (QED) is 0.319. The van der Waals surface area contributed by atoms with Crippen molar-refractivity contribution in [3.05, 3.63) is 58.4 Å². The van der Waals surface area contributed by atoms with Crippen molar-refractivity contribution in [1.82, 2.24) is 9.55 Å². The fourth-order valence-electron chi connectivity index (χ4n) is 2.89. The lowest BCUT2D eigenvalue weighted by Crippen LogP contribution is -2.14. The molecule has 8 nitrogen and oxygen atoms in total. The van der Waals surface area contributed by atoms with Crippen LogP contribution in [0.3, 0.4) is 0 Å². The molecule has 0 fully saturated rings. The number of nitrogens with one attached hydrogen (secondary N) is 1. The van der Waals surface area contributed by atoms with Gasteiger partial charge in [0.15, 0.2) is 0 Å². The van der Waals surface area contributed by atoms with Crippen LogP contribution in [0, 0.1) is 10.1 Å². The summed E-state index contributed by atoms with van der Waals surface area (Å²) in [5.74, 6) is -3.68. The highest BCUT2D eigenvalue weighted by Crippen LogP contribution is 2.30. The Balaban J connectivity index is 1.84. The number of halogens is 4. The van der Waals surface area contributed by atoms with Gasteiger partial charge in [0.05, 0.1) is 20.9 Å². The Morgan fingerprint density at radius 1 is 1.13 bits per heavy atom. The number of imidazole rings is 1. The second-order valence-corrected chi connectivity index (χ2v) is 8.00. The van der Waals surface area contributed by atoms with Gasteiger partial charge in [0.1, 0.15) is 11.5 Å². The van der Waals surface area contributed by atoms with Crippen LogP contribution in [0.15, 0.2) is 47.4 Å². The van der Waals surface area contributed by atoms with Crippen LogP contribution in [0.2, 0.25) is 0 Å². The van der Waals surface area contributed by atoms with Crippen LogP contribution >= 0.6 is 0 Å². The zero-order valence-corrected chi connectivity index (χ0v) is 15.8. The molecule has 1 aromatic heterocycles. The Hall–Kier alpha value is -3.22. The SMILES string of the molecule is O=[N+]([O-])c1cc(S(=O)(=O)C(F)F)ccc1NCCc1nc2ccccc2n1C(F)F. The first-order valence-electron chi connectivity index (χ1n) is 8.41. The van der Waals surface area contributed by atoms with E-state index in [0.717, 1.165) is 16.7 Å². The van der Waals surface area contributed by atoms with Gasteiger partial charge in [0.2, 0.25) is 9.84 Å². The van der Waals surface area contributed by atoms with Crippen LogP contribution in [-0.4, -0.2) is 35.2 Å². The van der Waals surface area contributed by atoms with E-state index in [0.29, 0.717) is 11.6 Å². The van der Waals surface area contributed by atoms with Gasteiger partial charge in [-0.1, -0.05) is 12.1 Å². The summed E-state index contributed by atoms with van der Waals surface area (Å²) in [4.78, 5) is 13.5. The molecule has 13 heteroatoms. The first-order chi connectivity index (χ1) is 14.1. The van der Waals surface area contributed by atoms with Gasteiger partial charge in [-0.05, 0) is 24.3 Å². The first kappa shape index (κ1) is 21.5. The molecule has 0 saturated heterocycles. The number of nitro benzene ring substituents is 1. The Labute approximate surface area is 167 Å². The highest BCUT2D eigenvalue weighted by molar-refractivity contribution is 7.91. The summed E-state index contributed by atoms with van der Waals surface area (Å²) in [6.07, 6.45) is -0.0345. The molecule has 30 heavy (non-hydrogen) atoms. The van der Waals surface area contributed by atoms with Crippen molar-refractivity contribution in [3.63, 3.8) is 0 Å². The predicted octanol–water partition coefficient (Wildman–Crippen LogP) is 3.99. The number of benzene rings is 2. The van der Waals surface area contributed by atoms with E-state index >= 15 is 0 Å². The topological polar surface area (TPSA) is 107 Å². The standard InChI is InChI=1S/C17H14F4N4O4S/c18-16(19)24-13-4-2-1-3-12(13)23-15(24)7-8-22-11-6-5-10(9-14(11)25(26)27)30(28,29)17(20)21/h1-6,9,16-17,22H,7-8H2. The minimum atomic E-state index is -5.01. The van der Waals surface area contributed by atoms with Crippen molar-refractivity contribution in [2.45, 2.75) is 23.6 Å². The number of nitrogens with zero attached hydrogens (tertiary/aromatic N) is 3. The van der Waals surface area contributed by atoms with E-state index in [9.17, 15) is 36.1 Å². The molecule has 3 rings (SSSR count). The number of fused-ring (bicyclic) bond motifs is 1. The summed E-state index contributed by atoms with van der Waals surface area (Å²) in [6, 6.07) is 8.60. The number of hydrogen-bond donors (Lipinski definition) is 1. The number of sulfone groups is 1. The van der Waals surface area contributed by atoms with Crippen LogP contribution in [0.5, 0.6) is 0 Å². The average molecular weight is 446 g/mol. The van der Waals surface area contributed by atoms with Gasteiger partial charge < -0.3 is 5.32 Å². The van der Waals surface area contributed by atoms with Gasteiger partial charge in [0.25, 0.3) is 5.69 Å². The first-order valence-corrected chi connectivity index (χ1v) is 9.96. The molecule has 0 amide bonds. The van der Waals surface area contributed by atoms with Gasteiger partial charge in [-0.25, -0.2) is 13.4 Å². The van der Waals surface area contributed by atoms with Gasteiger partial charge in [-0.3, -0.25) is 14.7 Å². The molecule has 0 atom stereocenters. The molecule has 0 spiro atoms. The fraction of sp³-hybridized carbons (Fsp3) is 0.235. The number of anilines is 1.